The third kappa shape index (κ3) is 2.25. The normalized spacial score (nSPS) is 11.5. The molecule has 2 aromatic rings. The van der Waals surface area contributed by atoms with Crippen molar-refractivity contribution >= 4 is 16.7 Å². The zero-order valence-corrected chi connectivity index (χ0v) is 9.16. The summed E-state index contributed by atoms with van der Waals surface area (Å²) in [5, 5.41) is 0.275. The number of allylic oxidation sites excluding steroid dienone is 1. The van der Waals surface area contributed by atoms with E-state index in [1.807, 2.05) is 0 Å². The lowest BCUT2D eigenvalue weighted by molar-refractivity contribution is -0.137. The molecule has 0 radical (unpaired) electrons. The third-order valence-electron chi connectivity index (χ3n) is 2.48. The smallest absolute Gasteiger partial charge is 0.289 e. The standard InChI is InChI=1S/C13H8F3NO/c1-2-12(18)8-3-4-11-9(5-8)6-10(7-17-11)13(14,15)16/h2-7H,1H2. The Balaban J connectivity index is 2.60. The fraction of sp³-hybridized carbons (Fsp3) is 0.0769. The van der Waals surface area contributed by atoms with Gasteiger partial charge in [-0.15, -0.1) is 0 Å². The van der Waals surface area contributed by atoms with E-state index in [1.165, 1.54) is 18.2 Å². The number of aromatic nitrogens is 1. The molecule has 92 valence electrons. The Labute approximate surface area is 101 Å². The number of carbonyl (C=O) groups excluding carboxylic acids is 1. The minimum atomic E-state index is -4.44. The first-order valence-electron chi connectivity index (χ1n) is 5.05. The van der Waals surface area contributed by atoms with Gasteiger partial charge in [0.15, 0.2) is 5.78 Å². The number of pyridine rings is 1. The van der Waals surface area contributed by atoms with Gasteiger partial charge in [-0.05, 0) is 30.3 Å². The number of benzene rings is 1. The van der Waals surface area contributed by atoms with Gasteiger partial charge in [0.2, 0.25) is 0 Å². The topological polar surface area (TPSA) is 30.0 Å². The second kappa shape index (κ2) is 4.25. The van der Waals surface area contributed by atoms with Crippen LogP contribution in [-0.2, 0) is 6.18 Å². The Morgan fingerprint density at radius 1 is 1.28 bits per heavy atom. The van der Waals surface area contributed by atoms with Crippen molar-refractivity contribution in [3.05, 3.63) is 54.2 Å². The van der Waals surface area contributed by atoms with Gasteiger partial charge in [-0.25, -0.2) is 0 Å². The second-order valence-corrected chi connectivity index (χ2v) is 3.70. The van der Waals surface area contributed by atoms with Crippen molar-refractivity contribution in [2.24, 2.45) is 0 Å². The third-order valence-corrected chi connectivity index (χ3v) is 2.48. The van der Waals surface area contributed by atoms with Gasteiger partial charge < -0.3 is 0 Å². The fourth-order valence-electron chi connectivity index (χ4n) is 1.56. The average Bonchev–Trinajstić information content (AvgIpc) is 2.35. The SMILES string of the molecule is C=CC(=O)c1ccc2ncc(C(F)(F)F)cc2c1. The Hall–Kier alpha value is -2.17. The molecule has 2 rings (SSSR count). The van der Waals surface area contributed by atoms with Gasteiger partial charge in [0, 0.05) is 17.1 Å². The largest absolute Gasteiger partial charge is 0.417 e. The molecule has 0 aliphatic heterocycles. The highest BCUT2D eigenvalue weighted by Crippen LogP contribution is 2.30. The summed E-state index contributed by atoms with van der Waals surface area (Å²) >= 11 is 0. The van der Waals surface area contributed by atoms with E-state index < -0.39 is 11.7 Å². The maximum absolute atomic E-state index is 12.5. The van der Waals surface area contributed by atoms with Crippen molar-refractivity contribution in [1.29, 1.82) is 0 Å². The van der Waals surface area contributed by atoms with Crippen LogP contribution in [0.3, 0.4) is 0 Å². The minimum Gasteiger partial charge on any atom is -0.289 e. The maximum Gasteiger partial charge on any atom is 0.417 e. The van der Waals surface area contributed by atoms with E-state index in [2.05, 4.69) is 11.6 Å². The van der Waals surface area contributed by atoms with E-state index in [9.17, 15) is 18.0 Å². The van der Waals surface area contributed by atoms with Crippen LogP contribution in [0.15, 0.2) is 43.1 Å². The lowest BCUT2D eigenvalue weighted by Crippen LogP contribution is -2.05. The van der Waals surface area contributed by atoms with Crippen molar-refractivity contribution in [2.75, 3.05) is 0 Å². The molecule has 1 heterocycles. The summed E-state index contributed by atoms with van der Waals surface area (Å²) < 4.78 is 37.6. The first kappa shape index (κ1) is 12.3. The number of alkyl halides is 3. The fourth-order valence-corrected chi connectivity index (χ4v) is 1.56. The lowest BCUT2D eigenvalue weighted by Gasteiger charge is -2.07. The molecule has 0 spiro atoms. The Bertz CT molecular complexity index is 632. The van der Waals surface area contributed by atoms with E-state index in [4.69, 9.17) is 0 Å². The van der Waals surface area contributed by atoms with Crippen LogP contribution in [0.25, 0.3) is 10.9 Å². The molecule has 2 nitrogen and oxygen atoms in total. The Morgan fingerprint density at radius 2 is 2.00 bits per heavy atom. The molecule has 0 saturated carbocycles. The highest BCUT2D eigenvalue weighted by Gasteiger charge is 2.31. The van der Waals surface area contributed by atoms with Gasteiger partial charge in [0.1, 0.15) is 0 Å². The Morgan fingerprint density at radius 3 is 2.61 bits per heavy atom. The molecule has 0 aliphatic carbocycles. The van der Waals surface area contributed by atoms with Crippen LogP contribution in [0.1, 0.15) is 15.9 Å². The highest BCUT2D eigenvalue weighted by molar-refractivity contribution is 6.06. The van der Waals surface area contributed by atoms with Gasteiger partial charge in [-0.3, -0.25) is 9.78 Å². The molecule has 1 aromatic heterocycles. The maximum atomic E-state index is 12.5. The predicted octanol–water partition coefficient (Wildman–Crippen LogP) is 3.62. The van der Waals surface area contributed by atoms with Gasteiger partial charge in [-0.1, -0.05) is 6.58 Å². The quantitative estimate of drug-likeness (QED) is 0.602. The molecule has 0 atom stereocenters. The number of rotatable bonds is 2. The van der Waals surface area contributed by atoms with Gasteiger partial charge in [-0.2, -0.15) is 13.2 Å². The number of nitrogens with zero attached hydrogens (tertiary/aromatic N) is 1. The van der Waals surface area contributed by atoms with Crippen LogP contribution in [-0.4, -0.2) is 10.8 Å². The molecule has 0 bridgehead atoms. The summed E-state index contributed by atoms with van der Waals surface area (Å²) in [5.74, 6) is -0.339. The highest BCUT2D eigenvalue weighted by atomic mass is 19.4. The van der Waals surface area contributed by atoms with Crippen molar-refractivity contribution in [1.82, 2.24) is 4.98 Å². The van der Waals surface area contributed by atoms with Crippen molar-refractivity contribution in [3.8, 4) is 0 Å². The van der Waals surface area contributed by atoms with E-state index >= 15 is 0 Å². The molecule has 0 saturated heterocycles. The number of hydrogen-bond donors (Lipinski definition) is 0. The van der Waals surface area contributed by atoms with E-state index in [0.29, 0.717) is 11.1 Å². The predicted molar refractivity (Wildman–Crippen MR) is 61.3 cm³/mol. The first-order valence-corrected chi connectivity index (χ1v) is 5.05. The zero-order chi connectivity index (χ0) is 13.3. The number of halogens is 3. The van der Waals surface area contributed by atoms with Crippen LogP contribution in [0, 0.1) is 0 Å². The van der Waals surface area contributed by atoms with Gasteiger partial charge in [0.05, 0.1) is 11.1 Å². The van der Waals surface area contributed by atoms with Crippen molar-refractivity contribution in [2.45, 2.75) is 6.18 Å². The summed E-state index contributed by atoms with van der Waals surface area (Å²) in [4.78, 5) is 15.1. The van der Waals surface area contributed by atoms with Crippen molar-refractivity contribution < 1.29 is 18.0 Å². The van der Waals surface area contributed by atoms with Gasteiger partial charge >= 0.3 is 6.18 Å². The summed E-state index contributed by atoms with van der Waals surface area (Å²) in [7, 11) is 0. The minimum absolute atomic E-state index is 0.275. The van der Waals surface area contributed by atoms with Gasteiger partial charge in [0.25, 0.3) is 0 Å². The van der Waals surface area contributed by atoms with E-state index in [1.54, 1.807) is 0 Å². The summed E-state index contributed by atoms with van der Waals surface area (Å²) in [6, 6.07) is 5.36. The molecule has 1 aromatic carbocycles. The number of ketones is 1. The number of hydrogen-bond acceptors (Lipinski definition) is 2. The molecule has 0 fully saturated rings. The van der Waals surface area contributed by atoms with E-state index in [-0.39, 0.29) is 11.2 Å². The molecule has 0 N–H and O–H groups in total. The molecule has 5 heteroatoms. The van der Waals surface area contributed by atoms with Crippen LogP contribution in [0.2, 0.25) is 0 Å². The monoisotopic (exact) mass is 251 g/mol. The molecular weight excluding hydrogens is 243 g/mol. The molecule has 0 aliphatic rings. The Kier molecular flexibility index (Phi) is 2.90. The zero-order valence-electron chi connectivity index (χ0n) is 9.16. The average molecular weight is 251 g/mol. The molecule has 0 amide bonds. The van der Waals surface area contributed by atoms with E-state index in [0.717, 1.165) is 18.3 Å². The van der Waals surface area contributed by atoms with Crippen LogP contribution < -0.4 is 0 Å². The van der Waals surface area contributed by atoms with Crippen LogP contribution in [0.4, 0.5) is 13.2 Å². The molecule has 18 heavy (non-hydrogen) atoms. The number of fused-ring (bicyclic) bond motifs is 1. The molecule has 0 unspecified atom stereocenters. The van der Waals surface area contributed by atoms with Crippen LogP contribution >= 0.6 is 0 Å². The summed E-state index contributed by atoms with van der Waals surface area (Å²) in [6.07, 6.45) is -2.56. The van der Waals surface area contributed by atoms with Crippen molar-refractivity contribution in [3.63, 3.8) is 0 Å². The number of carbonyl (C=O) groups is 1. The summed E-state index contributed by atoms with van der Waals surface area (Å²) in [5.41, 5.74) is -0.138. The second-order valence-electron chi connectivity index (χ2n) is 3.70. The lowest BCUT2D eigenvalue weighted by atomic mass is 10.1. The summed E-state index contributed by atoms with van der Waals surface area (Å²) in [6.45, 7) is 3.33. The van der Waals surface area contributed by atoms with Crippen LogP contribution in [0.5, 0.6) is 0 Å². The molecular formula is C13H8F3NO. The first-order chi connectivity index (χ1) is 8.41.